The summed E-state index contributed by atoms with van der Waals surface area (Å²) >= 11 is 0. The Bertz CT molecular complexity index is 299. The summed E-state index contributed by atoms with van der Waals surface area (Å²) in [5, 5.41) is 8.42. The predicted octanol–water partition coefficient (Wildman–Crippen LogP) is 1.45. The number of carbonyl (C=O) groups is 1. The number of amides is 1. The van der Waals surface area contributed by atoms with Gasteiger partial charge in [-0.2, -0.15) is 5.26 Å². The number of nitrogens with zero attached hydrogens (tertiary/aromatic N) is 2. The van der Waals surface area contributed by atoms with Crippen LogP contribution in [0.1, 0.15) is 13.3 Å². The third-order valence-electron chi connectivity index (χ3n) is 2.19. The SMILES string of the molecule is C=CC1CC(=O)N(C(C)=CC#N)C1. The van der Waals surface area contributed by atoms with Crippen LogP contribution in [0.15, 0.2) is 24.4 Å². The Morgan fingerprint density at radius 1 is 1.85 bits per heavy atom. The van der Waals surface area contributed by atoms with Crippen LogP contribution in [0, 0.1) is 17.2 Å². The third-order valence-corrected chi connectivity index (χ3v) is 2.19. The van der Waals surface area contributed by atoms with E-state index >= 15 is 0 Å². The summed E-state index contributed by atoms with van der Waals surface area (Å²) in [6.45, 7) is 6.08. The summed E-state index contributed by atoms with van der Waals surface area (Å²) in [4.78, 5) is 13.0. The fourth-order valence-corrected chi connectivity index (χ4v) is 1.41. The lowest BCUT2D eigenvalue weighted by Gasteiger charge is -2.15. The van der Waals surface area contributed by atoms with Gasteiger partial charge in [0.2, 0.25) is 5.91 Å². The largest absolute Gasteiger partial charge is 0.315 e. The monoisotopic (exact) mass is 176 g/mol. The number of likely N-dealkylation sites (tertiary alicyclic amines) is 1. The van der Waals surface area contributed by atoms with Crippen molar-refractivity contribution in [3.63, 3.8) is 0 Å². The standard InChI is InChI=1S/C10H12N2O/c1-3-9-6-10(13)12(7-9)8(2)4-5-11/h3-4,9H,1,6-7H2,2H3. The maximum atomic E-state index is 11.4. The van der Waals surface area contributed by atoms with Crippen molar-refractivity contribution in [3.05, 3.63) is 24.4 Å². The summed E-state index contributed by atoms with van der Waals surface area (Å²) in [6, 6.07) is 1.92. The van der Waals surface area contributed by atoms with Crippen LogP contribution in [0.5, 0.6) is 0 Å². The van der Waals surface area contributed by atoms with E-state index < -0.39 is 0 Å². The van der Waals surface area contributed by atoms with E-state index in [2.05, 4.69) is 6.58 Å². The maximum absolute atomic E-state index is 11.4. The highest BCUT2D eigenvalue weighted by Crippen LogP contribution is 2.21. The van der Waals surface area contributed by atoms with E-state index in [9.17, 15) is 4.79 Å². The second kappa shape index (κ2) is 3.90. The summed E-state index contributed by atoms with van der Waals surface area (Å²) < 4.78 is 0. The molecule has 0 aromatic heterocycles. The Morgan fingerprint density at radius 2 is 2.54 bits per heavy atom. The molecule has 1 heterocycles. The lowest BCUT2D eigenvalue weighted by atomic mass is 10.1. The topological polar surface area (TPSA) is 44.1 Å². The summed E-state index contributed by atoms with van der Waals surface area (Å²) in [5.41, 5.74) is 0.719. The minimum absolute atomic E-state index is 0.0777. The Morgan fingerprint density at radius 3 is 3.00 bits per heavy atom. The fourth-order valence-electron chi connectivity index (χ4n) is 1.41. The minimum Gasteiger partial charge on any atom is -0.315 e. The molecule has 68 valence electrons. The van der Waals surface area contributed by atoms with Gasteiger partial charge in [0.25, 0.3) is 0 Å². The van der Waals surface area contributed by atoms with E-state index in [1.54, 1.807) is 17.9 Å². The highest BCUT2D eigenvalue weighted by Gasteiger charge is 2.28. The molecule has 1 unspecified atom stereocenters. The molecular formula is C10H12N2O. The van der Waals surface area contributed by atoms with Crippen molar-refractivity contribution < 1.29 is 4.79 Å². The van der Waals surface area contributed by atoms with Gasteiger partial charge in [-0.1, -0.05) is 6.08 Å². The molecule has 1 rings (SSSR count). The van der Waals surface area contributed by atoms with Gasteiger partial charge in [0, 0.05) is 30.7 Å². The number of nitriles is 1. The summed E-state index contributed by atoms with van der Waals surface area (Å²) in [7, 11) is 0. The quantitative estimate of drug-likeness (QED) is 0.472. The van der Waals surface area contributed by atoms with Gasteiger partial charge in [0.05, 0.1) is 6.07 Å². The maximum Gasteiger partial charge on any atom is 0.227 e. The van der Waals surface area contributed by atoms with Crippen molar-refractivity contribution in [2.75, 3.05) is 6.54 Å². The molecule has 13 heavy (non-hydrogen) atoms. The zero-order valence-electron chi connectivity index (χ0n) is 7.66. The molecule has 3 nitrogen and oxygen atoms in total. The van der Waals surface area contributed by atoms with E-state index in [0.29, 0.717) is 13.0 Å². The van der Waals surface area contributed by atoms with E-state index in [1.165, 1.54) is 6.08 Å². The Labute approximate surface area is 78.0 Å². The van der Waals surface area contributed by atoms with Crippen LogP contribution in [-0.2, 0) is 4.79 Å². The minimum atomic E-state index is 0.0777. The molecule has 1 fully saturated rings. The van der Waals surface area contributed by atoms with E-state index in [-0.39, 0.29) is 11.8 Å². The lowest BCUT2D eigenvalue weighted by molar-refractivity contribution is -0.126. The van der Waals surface area contributed by atoms with Crippen molar-refractivity contribution in [1.29, 1.82) is 5.26 Å². The number of allylic oxidation sites excluding steroid dienone is 2. The molecular weight excluding hydrogens is 164 g/mol. The predicted molar refractivity (Wildman–Crippen MR) is 49.4 cm³/mol. The summed E-state index contributed by atoms with van der Waals surface area (Å²) in [6.07, 6.45) is 3.70. The molecule has 0 saturated carbocycles. The van der Waals surface area contributed by atoms with Gasteiger partial charge in [-0.05, 0) is 6.92 Å². The number of hydrogen-bond donors (Lipinski definition) is 0. The van der Waals surface area contributed by atoms with Crippen molar-refractivity contribution >= 4 is 5.91 Å². The van der Waals surface area contributed by atoms with E-state index in [1.807, 2.05) is 6.07 Å². The first-order chi connectivity index (χ1) is 6.19. The molecule has 0 radical (unpaired) electrons. The molecule has 1 aliphatic rings. The van der Waals surface area contributed by atoms with Crippen LogP contribution in [0.25, 0.3) is 0 Å². The van der Waals surface area contributed by atoms with Crippen LogP contribution in [0.4, 0.5) is 0 Å². The molecule has 1 amide bonds. The molecule has 0 aromatic rings. The zero-order chi connectivity index (χ0) is 9.84. The zero-order valence-corrected chi connectivity index (χ0v) is 7.66. The van der Waals surface area contributed by atoms with Crippen molar-refractivity contribution in [2.45, 2.75) is 13.3 Å². The van der Waals surface area contributed by atoms with Gasteiger partial charge in [0.1, 0.15) is 0 Å². The second-order valence-electron chi connectivity index (χ2n) is 3.12. The van der Waals surface area contributed by atoms with E-state index in [0.717, 1.165) is 5.70 Å². The van der Waals surface area contributed by atoms with Gasteiger partial charge in [-0.3, -0.25) is 4.79 Å². The normalized spacial score (nSPS) is 23.1. The first-order valence-corrected chi connectivity index (χ1v) is 4.18. The van der Waals surface area contributed by atoms with Gasteiger partial charge < -0.3 is 4.90 Å². The first kappa shape index (κ1) is 9.53. The van der Waals surface area contributed by atoms with Crippen molar-refractivity contribution in [3.8, 4) is 6.07 Å². The number of hydrogen-bond acceptors (Lipinski definition) is 2. The number of carbonyl (C=O) groups excluding carboxylic acids is 1. The molecule has 1 aliphatic heterocycles. The summed E-state index contributed by atoms with van der Waals surface area (Å²) in [5.74, 6) is 0.309. The van der Waals surface area contributed by atoms with E-state index in [4.69, 9.17) is 5.26 Å². The van der Waals surface area contributed by atoms with Gasteiger partial charge in [0.15, 0.2) is 0 Å². The van der Waals surface area contributed by atoms with Crippen LogP contribution >= 0.6 is 0 Å². The molecule has 1 atom stereocenters. The Kier molecular flexibility index (Phi) is 2.86. The van der Waals surface area contributed by atoms with Crippen LogP contribution < -0.4 is 0 Å². The average Bonchev–Trinajstić information content (AvgIpc) is 2.47. The van der Waals surface area contributed by atoms with Crippen LogP contribution in [-0.4, -0.2) is 17.4 Å². The number of rotatable bonds is 2. The molecule has 3 heteroatoms. The molecule has 0 bridgehead atoms. The molecule has 0 aromatic carbocycles. The van der Waals surface area contributed by atoms with Crippen molar-refractivity contribution in [1.82, 2.24) is 4.90 Å². The van der Waals surface area contributed by atoms with Gasteiger partial charge >= 0.3 is 0 Å². The molecule has 1 saturated heterocycles. The highest BCUT2D eigenvalue weighted by molar-refractivity contribution is 5.80. The Hall–Kier alpha value is -1.56. The van der Waals surface area contributed by atoms with Crippen LogP contribution in [0.2, 0.25) is 0 Å². The average molecular weight is 176 g/mol. The lowest BCUT2D eigenvalue weighted by Crippen LogP contribution is -2.22. The highest BCUT2D eigenvalue weighted by atomic mass is 16.2. The third kappa shape index (κ3) is 1.97. The Balaban J connectivity index is 2.74. The fraction of sp³-hybridized carbons (Fsp3) is 0.400. The van der Waals surface area contributed by atoms with Crippen molar-refractivity contribution in [2.24, 2.45) is 5.92 Å². The smallest absolute Gasteiger partial charge is 0.227 e. The van der Waals surface area contributed by atoms with Gasteiger partial charge in [-0.15, -0.1) is 6.58 Å². The second-order valence-corrected chi connectivity index (χ2v) is 3.12. The molecule has 0 aliphatic carbocycles. The molecule has 0 spiro atoms. The van der Waals surface area contributed by atoms with Crippen LogP contribution in [0.3, 0.4) is 0 Å². The molecule has 0 N–H and O–H groups in total. The first-order valence-electron chi connectivity index (χ1n) is 4.18. The van der Waals surface area contributed by atoms with Gasteiger partial charge in [-0.25, -0.2) is 0 Å².